The van der Waals surface area contributed by atoms with Gasteiger partial charge in [-0.15, -0.1) is 0 Å². The van der Waals surface area contributed by atoms with Gasteiger partial charge in [0.25, 0.3) is 0 Å². The zero-order valence-corrected chi connectivity index (χ0v) is 55.2. The summed E-state index contributed by atoms with van der Waals surface area (Å²) >= 11 is 0. The van der Waals surface area contributed by atoms with Crippen molar-refractivity contribution < 1.29 is 25.3 Å². The minimum absolute atomic E-state index is 0. The number of pyridine rings is 3. The van der Waals surface area contributed by atoms with Gasteiger partial charge in [0, 0.05) is 206 Å². The Morgan fingerprint density at radius 2 is 0.880 bits per heavy atom. The fourth-order valence-corrected chi connectivity index (χ4v) is 15.7. The van der Waals surface area contributed by atoms with Crippen LogP contribution in [0.1, 0.15) is 129 Å². The molecule has 5 atom stereocenters. The van der Waals surface area contributed by atoms with Crippen LogP contribution in [-0.4, -0.2) is 163 Å². The van der Waals surface area contributed by atoms with Crippen molar-refractivity contribution in [3.05, 3.63) is 150 Å². The Balaban J connectivity index is 0.000000136. The number of piperidine rings is 2. The van der Waals surface area contributed by atoms with Gasteiger partial charge in [0.2, 0.25) is 29.1 Å². The van der Waals surface area contributed by atoms with E-state index in [1.54, 1.807) is 27.6 Å². The third-order valence-corrected chi connectivity index (χ3v) is 20.8. The van der Waals surface area contributed by atoms with Gasteiger partial charge >= 0.3 is 0 Å². The van der Waals surface area contributed by atoms with Gasteiger partial charge < -0.3 is 35.0 Å². The van der Waals surface area contributed by atoms with E-state index in [-0.39, 0.29) is 19.3 Å². The predicted molar refractivity (Wildman–Crippen MR) is 362 cm³/mol. The number of nitrogens with one attached hydrogen (secondary N) is 4. The number of hydrogen-bond acceptors (Lipinski definition) is 19. The molecular formula is C64H81ClN18O6S3. The van der Waals surface area contributed by atoms with E-state index in [1.807, 2.05) is 37.2 Å². The Labute approximate surface area is 542 Å². The van der Waals surface area contributed by atoms with Crippen molar-refractivity contribution in [2.24, 2.45) is 0 Å². The number of allylic oxidation sites excluding steroid dienone is 1. The first-order valence-corrected chi connectivity index (χ1v) is 37.3. The lowest BCUT2D eigenvalue weighted by atomic mass is 9.88. The topological polar surface area (TPSA) is 294 Å². The molecule has 0 aromatic carbocycles. The molecule has 28 heteroatoms. The van der Waals surface area contributed by atoms with E-state index in [9.17, 15) is 25.3 Å². The summed E-state index contributed by atoms with van der Waals surface area (Å²) in [6.45, 7) is 12.2. The molecule has 4 N–H and O–H groups in total. The van der Waals surface area contributed by atoms with Crippen LogP contribution in [0.2, 0.25) is 0 Å². The molecule has 6 aliphatic heterocycles. The molecule has 0 spiro atoms. The van der Waals surface area contributed by atoms with Gasteiger partial charge in [-0.05, 0) is 101 Å². The van der Waals surface area contributed by atoms with Crippen LogP contribution in [0.5, 0.6) is 0 Å². The lowest BCUT2D eigenvalue weighted by molar-refractivity contribution is 0.312. The molecule has 0 aliphatic carbocycles. The van der Waals surface area contributed by atoms with Gasteiger partial charge in [0.1, 0.15) is 35.9 Å². The molecule has 15 heterocycles. The lowest BCUT2D eigenvalue weighted by Crippen LogP contribution is -2.42. The van der Waals surface area contributed by atoms with Crippen LogP contribution in [0, 0.1) is 0 Å². The summed E-state index contributed by atoms with van der Waals surface area (Å²) in [5.74, 6) is 0.204. The van der Waals surface area contributed by atoms with Crippen LogP contribution >= 0.6 is 10.7 Å². The number of nitrogens with zero attached hydrogens (tertiary/aromatic N) is 14. The van der Waals surface area contributed by atoms with Gasteiger partial charge in [-0.25, -0.2) is 78.7 Å². The SMILES string of the molecule is C.CS(=O)(=O)Cl.C[C@@H]1Cc2ncnc(C3=CNCCC3)c2CN1c1ccnc2[nH]ccc12.C[C@@H]1Cc2ncnc([C@@H]3CCCN(S(C)(=O)=O)C3)c2CN1c1ccnc2[nH]ccc12.C[C@@H]1Cc2ncnc([C@H]3CCCN(S(C)(=O)=O)C3)c2CN1c1ccnc2[nH]ccc12. The Morgan fingerprint density at radius 1 is 0.500 bits per heavy atom. The summed E-state index contributed by atoms with van der Waals surface area (Å²) in [5, 5.41) is 6.74. The standard InChI is InChI=1S/2C21H26N6O2S.C20H22N6.CH3ClO2S.CH4/c2*1-14-10-18-17(12-27(14)19-6-8-23-21-16(19)5-7-22-21)20(25-13-24-18)15-4-3-9-26(11-15)30(2,28)29;1-13-9-17-16(19(25-12-24-17)14-3-2-6-21-10-14)11-26(13)18-5-8-23-20-15(18)4-7-22-20;1-5(2,3)4;/h2*5-8,13-15H,3-4,9-12H2,1-2H3,(H,22,23);4-5,7-8,10,12-13,21H,2-3,6,9,11H2,1H3,(H,22,23);1H3;1H4/t14-,15+;14-,15-;13-;;/m111../s1. The number of aromatic nitrogens is 12. The molecule has 9 aromatic rings. The summed E-state index contributed by atoms with van der Waals surface area (Å²) in [7, 11) is -5.09. The molecule has 0 amide bonds. The van der Waals surface area contributed by atoms with E-state index in [2.05, 4.69) is 154 Å². The first-order chi connectivity index (χ1) is 43.6. The maximum Gasteiger partial charge on any atom is 0.229 e. The van der Waals surface area contributed by atoms with Gasteiger partial charge in [0.05, 0.1) is 52.9 Å². The van der Waals surface area contributed by atoms with Crippen molar-refractivity contribution in [3.8, 4) is 0 Å². The van der Waals surface area contributed by atoms with Crippen LogP contribution in [-0.2, 0) is 68.0 Å². The molecule has 0 radical (unpaired) electrons. The van der Waals surface area contributed by atoms with Crippen LogP contribution in [0.4, 0.5) is 17.1 Å². The maximum absolute atomic E-state index is 12.1. The zero-order valence-electron chi connectivity index (χ0n) is 52.0. The van der Waals surface area contributed by atoms with Crippen molar-refractivity contribution in [1.29, 1.82) is 0 Å². The number of H-pyrrole nitrogens is 3. The van der Waals surface area contributed by atoms with Crippen LogP contribution in [0.15, 0.2) is 98.8 Å². The fraction of sp³-hybridized carbons (Fsp3) is 0.453. The summed E-state index contributed by atoms with van der Waals surface area (Å²) in [6, 6.07) is 13.4. The van der Waals surface area contributed by atoms with Crippen molar-refractivity contribution in [3.63, 3.8) is 0 Å². The second kappa shape index (κ2) is 27.5. The molecule has 24 nitrogen and oxygen atoms in total. The maximum atomic E-state index is 12.1. The van der Waals surface area contributed by atoms with E-state index in [0.717, 1.165) is 156 Å². The zero-order chi connectivity index (χ0) is 63.8. The van der Waals surface area contributed by atoms with Gasteiger partial charge in [-0.3, -0.25) is 0 Å². The molecule has 9 aromatic heterocycles. The second-order valence-corrected chi connectivity index (χ2v) is 31.6. The number of halogens is 1. The smallest absolute Gasteiger partial charge is 0.229 e. The first-order valence-electron chi connectivity index (χ1n) is 30.9. The number of hydrogen-bond donors (Lipinski definition) is 4. The average Bonchev–Trinajstić information content (AvgIpc) is 1.21. The highest BCUT2D eigenvalue weighted by molar-refractivity contribution is 8.13. The Morgan fingerprint density at radius 3 is 1.26 bits per heavy atom. The number of sulfonamides is 2. The van der Waals surface area contributed by atoms with E-state index in [4.69, 9.17) is 0 Å². The Hall–Kier alpha value is -7.69. The average molecular weight is 1330 g/mol. The number of anilines is 3. The van der Waals surface area contributed by atoms with Crippen molar-refractivity contribution in [2.45, 2.75) is 136 Å². The molecule has 15 rings (SSSR count). The van der Waals surface area contributed by atoms with Gasteiger partial charge in [-0.1, -0.05) is 7.43 Å². The molecule has 0 bridgehead atoms. The minimum atomic E-state index is -3.20. The first kappa shape index (κ1) is 65.8. The quantitative estimate of drug-likeness (QED) is 0.103. The van der Waals surface area contributed by atoms with E-state index in [0.29, 0.717) is 57.4 Å². The highest BCUT2D eigenvalue weighted by atomic mass is 35.7. The monoisotopic (exact) mass is 1330 g/mol. The molecule has 488 valence electrons. The van der Waals surface area contributed by atoms with Crippen molar-refractivity contribution >= 4 is 95.5 Å². The largest absolute Gasteiger partial charge is 0.391 e. The second-order valence-electron chi connectivity index (χ2n) is 24.6. The van der Waals surface area contributed by atoms with Crippen molar-refractivity contribution in [2.75, 3.05) is 66.2 Å². The summed E-state index contributed by atoms with van der Waals surface area (Å²) < 4.78 is 70.4. The summed E-state index contributed by atoms with van der Waals surface area (Å²) in [5.41, 5.74) is 17.5. The normalized spacial score (nSPS) is 21.2. The van der Waals surface area contributed by atoms with E-state index < -0.39 is 29.1 Å². The highest BCUT2D eigenvalue weighted by Crippen LogP contribution is 2.40. The minimum Gasteiger partial charge on any atom is -0.391 e. The number of rotatable bonds is 8. The van der Waals surface area contributed by atoms with Crippen LogP contribution < -0.4 is 20.0 Å². The molecule has 0 saturated carbocycles. The van der Waals surface area contributed by atoms with Crippen LogP contribution in [0.3, 0.4) is 0 Å². The molecule has 6 aliphatic rings. The lowest BCUT2D eigenvalue weighted by Gasteiger charge is -2.38. The molecule has 92 heavy (non-hydrogen) atoms. The van der Waals surface area contributed by atoms with E-state index >= 15 is 0 Å². The van der Waals surface area contributed by atoms with E-state index in [1.165, 1.54) is 40.4 Å². The number of aromatic amines is 3. The highest BCUT2D eigenvalue weighted by Gasteiger charge is 2.36. The number of fused-ring (bicyclic) bond motifs is 6. The van der Waals surface area contributed by atoms with Crippen molar-refractivity contribution in [1.82, 2.24) is 73.7 Å². The third kappa shape index (κ3) is 14.4. The Kier molecular flexibility index (Phi) is 19.7. The molecule has 2 fully saturated rings. The fourth-order valence-electron chi connectivity index (χ4n) is 13.9. The molecular weight excluding hydrogens is 1250 g/mol. The summed E-state index contributed by atoms with van der Waals surface area (Å²) in [4.78, 5) is 57.9. The van der Waals surface area contributed by atoms with Gasteiger partial charge in [0.15, 0.2) is 0 Å². The molecule has 2 saturated heterocycles. The van der Waals surface area contributed by atoms with Gasteiger partial charge in [-0.2, -0.15) is 0 Å². The third-order valence-electron chi connectivity index (χ3n) is 18.3. The molecule has 0 unspecified atom stereocenters. The predicted octanol–water partition coefficient (Wildman–Crippen LogP) is 8.74. The Bertz CT molecular complexity index is 4310. The van der Waals surface area contributed by atoms with Crippen LogP contribution in [0.25, 0.3) is 38.7 Å². The summed E-state index contributed by atoms with van der Waals surface area (Å²) in [6.07, 6.45) is 30.4.